The van der Waals surface area contributed by atoms with E-state index in [-0.39, 0.29) is 51.4 Å². The Bertz CT molecular complexity index is 205. The van der Waals surface area contributed by atoms with E-state index in [1.54, 1.807) is 0 Å². The Morgan fingerprint density at radius 2 is 1.58 bits per heavy atom. The summed E-state index contributed by atoms with van der Waals surface area (Å²) in [6, 6.07) is 10.3. The largest absolute Gasteiger partial charge is 1.00 e. The number of hydrogen-bond acceptors (Lipinski definition) is 2. The maximum Gasteiger partial charge on any atom is 1.00 e. The maximum absolute atomic E-state index is 8.89. The van der Waals surface area contributed by atoms with Gasteiger partial charge in [0.2, 0.25) is 0 Å². The Labute approximate surface area is 115 Å². The zero-order valence-electron chi connectivity index (χ0n) is 7.70. The second kappa shape index (κ2) is 9.41. The molecule has 60 valence electrons. The van der Waals surface area contributed by atoms with Crippen LogP contribution in [-0.2, 0) is 4.79 Å². The van der Waals surface area contributed by atoms with Crippen LogP contribution in [0, 0.1) is 6.92 Å². The van der Waals surface area contributed by atoms with E-state index < -0.39 is 5.97 Å². The average molecular weight is 190 g/mol. The van der Waals surface area contributed by atoms with Gasteiger partial charge in [-0.25, -0.2) is 0 Å². The zero-order chi connectivity index (χ0) is 8.69. The predicted octanol–water partition coefficient (Wildman–Crippen LogP) is -2.24. The molecule has 0 amide bonds. The van der Waals surface area contributed by atoms with Crippen molar-refractivity contribution in [2.45, 2.75) is 13.8 Å². The third-order valence-corrected chi connectivity index (χ3v) is 0.940. The minimum Gasteiger partial charge on any atom is -0.550 e. The van der Waals surface area contributed by atoms with Crippen molar-refractivity contribution >= 4 is 5.97 Å². The van der Waals surface area contributed by atoms with Crippen LogP contribution in [0.3, 0.4) is 0 Å². The molecule has 0 aromatic heterocycles. The molecule has 1 aromatic rings. The normalized spacial score (nSPS) is 7.17. The van der Waals surface area contributed by atoms with Crippen LogP contribution in [0.4, 0.5) is 0 Å². The summed E-state index contributed by atoms with van der Waals surface area (Å²) in [4.78, 5) is 8.89. The van der Waals surface area contributed by atoms with Gasteiger partial charge in [0.1, 0.15) is 0 Å². The van der Waals surface area contributed by atoms with Crippen molar-refractivity contribution in [1.82, 2.24) is 0 Å². The fourth-order valence-corrected chi connectivity index (χ4v) is 0.534. The van der Waals surface area contributed by atoms with Gasteiger partial charge in [-0.1, -0.05) is 35.9 Å². The molecule has 0 aliphatic carbocycles. The van der Waals surface area contributed by atoms with Gasteiger partial charge < -0.3 is 9.90 Å². The molecule has 0 atom stereocenters. The van der Waals surface area contributed by atoms with Crippen LogP contribution >= 0.6 is 0 Å². The summed E-state index contributed by atoms with van der Waals surface area (Å²) in [6.45, 7) is 3.06. The van der Waals surface area contributed by atoms with Gasteiger partial charge in [0, 0.05) is 5.97 Å². The van der Waals surface area contributed by atoms with Gasteiger partial charge in [-0.3, -0.25) is 0 Å². The molecule has 0 aliphatic rings. The van der Waals surface area contributed by atoms with E-state index in [1.165, 1.54) is 5.56 Å². The summed E-state index contributed by atoms with van der Waals surface area (Å²) in [5.74, 6) is -1.08. The molecule has 0 saturated carbocycles. The number of carbonyl (C=O) groups is 1. The van der Waals surface area contributed by atoms with E-state index in [1.807, 2.05) is 18.2 Å². The minimum absolute atomic E-state index is 0. The SMILES string of the molecule is CC(=O)[O-].Cc1ccccc1.[K+]. The van der Waals surface area contributed by atoms with E-state index in [2.05, 4.69) is 19.1 Å². The summed E-state index contributed by atoms with van der Waals surface area (Å²) >= 11 is 0. The van der Waals surface area contributed by atoms with Crippen molar-refractivity contribution in [3.05, 3.63) is 35.9 Å². The number of aliphatic carboxylic acids is 1. The molecule has 1 rings (SSSR count). The first-order valence-electron chi connectivity index (χ1n) is 3.32. The summed E-state index contributed by atoms with van der Waals surface area (Å²) in [6.07, 6.45) is 0. The van der Waals surface area contributed by atoms with Gasteiger partial charge in [0.15, 0.2) is 0 Å². The smallest absolute Gasteiger partial charge is 0.550 e. The topological polar surface area (TPSA) is 40.1 Å². The Kier molecular flexibility index (Phi) is 11.6. The van der Waals surface area contributed by atoms with Gasteiger partial charge in [0.25, 0.3) is 0 Å². The molecule has 0 fully saturated rings. The molecule has 2 nitrogen and oxygen atoms in total. The van der Waals surface area contributed by atoms with Gasteiger partial charge >= 0.3 is 51.4 Å². The summed E-state index contributed by atoms with van der Waals surface area (Å²) < 4.78 is 0. The van der Waals surface area contributed by atoms with Crippen molar-refractivity contribution in [2.24, 2.45) is 0 Å². The molecular formula is C9H11KO2. The van der Waals surface area contributed by atoms with E-state index in [0.29, 0.717) is 0 Å². The summed E-state index contributed by atoms with van der Waals surface area (Å²) in [5.41, 5.74) is 1.32. The van der Waals surface area contributed by atoms with Gasteiger partial charge in [-0.05, 0) is 13.8 Å². The average Bonchev–Trinajstić information content (AvgIpc) is 1.87. The Morgan fingerprint density at radius 1 is 1.25 bits per heavy atom. The van der Waals surface area contributed by atoms with Crippen molar-refractivity contribution in [3.8, 4) is 0 Å². The number of benzene rings is 1. The molecule has 0 spiro atoms. The van der Waals surface area contributed by atoms with Crippen LogP contribution in [0.25, 0.3) is 0 Å². The van der Waals surface area contributed by atoms with Crippen molar-refractivity contribution in [2.75, 3.05) is 0 Å². The van der Waals surface area contributed by atoms with Gasteiger partial charge in [0.05, 0.1) is 0 Å². The Hall–Kier alpha value is 0.326. The van der Waals surface area contributed by atoms with Crippen LogP contribution in [0.2, 0.25) is 0 Å². The molecule has 0 saturated heterocycles. The molecule has 3 heteroatoms. The summed E-state index contributed by atoms with van der Waals surface area (Å²) in [5, 5.41) is 8.89. The van der Waals surface area contributed by atoms with Gasteiger partial charge in [-0.15, -0.1) is 0 Å². The number of carbonyl (C=O) groups excluding carboxylic acids is 1. The van der Waals surface area contributed by atoms with E-state index >= 15 is 0 Å². The Morgan fingerprint density at radius 3 is 1.75 bits per heavy atom. The van der Waals surface area contributed by atoms with Crippen LogP contribution in [0.1, 0.15) is 12.5 Å². The van der Waals surface area contributed by atoms with Gasteiger partial charge in [-0.2, -0.15) is 0 Å². The first-order valence-corrected chi connectivity index (χ1v) is 3.32. The number of carboxylic acid groups (broad SMARTS) is 1. The monoisotopic (exact) mass is 190 g/mol. The molecule has 0 unspecified atom stereocenters. The fourth-order valence-electron chi connectivity index (χ4n) is 0.534. The molecular weight excluding hydrogens is 179 g/mol. The second-order valence-electron chi connectivity index (χ2n) is 2.15. The number of aryl methyl sites for hydroxylation is 1. The van der Waals surface area contributed by atoms with Crippen molar-refractivity contribution < 1.29 is 61.3 Å². The first kappa shape index (κ1) is 14.8. The first-order chi connectivity index (χ1) is 5.13. The van der Waals surface area contributed by atoms with Crippen LogP contribution in [-0.4, -0.2) is 5.97 Å². The van der Waals surface area contributed by atoms with Crippen molar-refractivity contribution in [1.29, 1.82) is 0 Å². The molecule has 0 N–H and O–H groups in total. The third-order valence-electron chi connectivity index (χ3n) is 0.940. The molecule has 0 aliphatic heterocycles. The zero-order valence-corrected chi connectivity index (χ0v) is 10.8. The molecule has 12 heavy (non-hydrogen) atoms. The number of carboxylic acids is 1. The molecule has 0 heterocycles. The van der Waals surface area contributed by atoms with Crippen molar-refractivity contribution in [3.63, 3.8) is 0 Å². The summed E-state index contributed by atoms with van der Waals surface area (Å²) in [7, 11) is 0. The molecule has 0 bridgehead atoms. The van der Waals surface area contributed by atoms with Crippen LogP contribution < -0.4 is 56.5 Å². The predicted molar refractivity (Wildman–Crippen MR) is 41.9 cm³/mol. The molecule has 1 aromatic carbocycles. The standard InChI is InChI=1S/C7H8.C2H4O2.K/c1-7-5-3-2-4-6-7;1-2(3)4;/h2-6H,1H3;1H3,(H,3,4);/q;;+1/p-1. The quantitative estimate of drug-likeness (QED) is 0.434. The number of rotatable bonds is 0. The second-order valence-corrected chi connectivity index (χ2v) is 2.15. The van der Waals surface area contributed by atoms with E-state index in [4.69, 9.17) is 9.90 Å². The fraction of sp³-hybridized carbons (Fsp3) is 0.222. The van der Waals surface area contributed by atoms with Crippen LogP contribution in [0.15, 0.2) is 30.3 Å². The Balaban J connectivity index is 0. The van der Waals surface area contributed by atoms with E-state index in [0.717, 1.165) is 6.92 Å². The maximum atomic E-state index is 8.89. The third kappa shape index (κ3) is 13.0. The minimum atomic E-state index is -1.08. The van der Waals surface area contributed by atoms with Crippen LogP contribution in [0.5, 0.6) is 0 Å². The number of hydrogen-bond donors (Lipinski definition) is 0. The van der Waals surface area contributed by atoms with E-state index in [9.17, 15) is 0 Å². The molecule has 0 radical (unpaired) electrons.